The molecule has 2 aliphatic rings. The fraction of sp³-hybridized carbons (Fsp3) is 0.452. The van der Waals surface area contributed by atoms with Crippen molar-refractivity contribution in [3.05, 3.63) is 65.0 Å². The molecule has 3 aromatic rings. The second-order valence-corrected chi connectivity index (χ2v) is 13.9. The van der Waals surface area contributed by atoms with E-state index >= 15 is 0 Å². The molecular weight excluding hydrogens is 595 g/mol. The maximum absolute atomic E-state index is 14.1. The Hall–Kier alpha value is -3.28. The number of sulfonamides is 1. The molecule has 12 heteroatoms. The van der Waals surface area contributed by atoms with Crippen LogP contribution < -0.4 is 14.8 Å². The third-order valence-electron chi connectivity index (χ3n) is 8.05. The highest BCUT2D eigenvalue weighted by Crippen LogP contribution is 2.60. The zero-order chi connectivity index (χ0) is 30.2. The molecule has 0 bridgehead atoms. The number of benzene rings is 2. The van der Waals surface area contributed by atoms with E-state index in [1.54, 1.807) is 19.9 Å². The average Bonchev–Trinajstić information content (AvgIpc) is 3.67. The SMILES string of the molecule is Cc1cc(F)cc(C)c1-c1cc(OC[C@@H](CC(C)C)NC2CC3(CC3)C2)nc(NS(=O)(=O)c2cccc(C(=O)O)c2)n1.Cl. The standard InChI is InChI=1S/C31H37FN4O5S.ClH/c1-18(2)10-23(33-24-15-31(16-24)8-9-31)17-41-27-14-26(28-19(3)11-22(32)12-20(28)4)34-30(35-27)36-42(39,40)25-7-5-6-21(13-25)29(37)38;/h5-7,11-14,18,23-24,33H,8-10,15-17H2,1-4H3,(H,37,38)(H,34,35,36);1H/t23-;/m1./s1. The number of carbonyl (C=O) groups is 1. The van der Waals surface area contributed by atoms with Crippen LogP contribution in [0.25, 0.3) is 11.3 Å². The first-order chi connectivity index (χ1) is 19.8. The normalized spacial score (nSPS) is 16.3. The van der Waals surface area contributed by atoms with E-state index in [2.05, 4.69) is 33.9 Å². The number of carboxylic acid groups (broad SMARTS) is 1. The van der Waals surface area contributed by atoms with Crippen molar-refractivity contribution in [3.8, 4) is 17.1 Å². The van der Waals surface area contributed by atoms with Crippen molar-refractivity contribution < 1.29 is 27.4 Å². The molecule has 2 aliphatic carbocycles. The number of ether oxygens (including phenoxy) is 1. The molecule has 1 heterocycles. The van der Waals surface area contributed by atoms with Gasteiger partial charge in [0.15, 0.2) is 0 Å². The van der Waals surface area contributed by atoms with E-state index in [-0.39, 0.29) is 46.6 Å². The lowest BCUT2D eigenvalue weighted by atomic mass is 9.76. The molecule has 232 valence electrons. The van der Waals surface area contributed by atoms with E-state index < -0.39 is 16.0 Å². The van der Waals surface area contributed by atoms with E-state index in [9.17, 15) is 22.7 Å². The van der Waals surface area contributed by atoms with Crippen molar-refractivity contribution in [1.82, 2.24) is 15.3 Å². The van der Waals surface area contributed by atoms with Crippen molar-refractivity contribution in [1.29, 1.82) is 0 Å². The molecule has 43 heavy (non-hydrogen) atoms. The van der Waals surface area contributed by atoms with Crippen LogP contribution in [0.15, 0.2) is 47.4 Å². The molecule has 2 fully saturated rings. The van der Waals surface area contributed by atoms with Crippen LogP contribution in [0.2, 0.25) is 0 Å². The van der Waals surface area contributed by atoms with Crippen LogP contribution >= 0.6 is 12.4 Å². The molecule has 5 rings (SSSR count). The number of hydrogen-bond acceptors (Lipinski definition) is 7. The van der Waals surface area contributed by atoms with Crippen molar-refractivity contribution in [2.75, 3.05) is 11.3 Å². The van der Waals surface area contributed by atoms with Gasteiger partial charge in [-0.3, -0.25) is 0 Å². The average molecular weight is 633 g/mol. The lowest BCUT2D eigenvalue weighted by Gasteiger charge is -2.39. The van der Waals surface area contributed by atoms with Gasteiger partial charge in [0, 0.05) is 23.7 Å². The van der Waals surface area contributed by atoms with Crippen LogP contribution in [0, 0.1) is 31.0 Å². The molecule has 1 spiro atoms. The first kappa shape index (κ1) is 32.6. The first-order valence-corrected chi connectivity index (χ1v) is 15.7. The summed E-state index contributed by atoms with van der Waals surface area (Å²) in [6, 6.07) is 9.97. The van der Waals surface area contributed by atoms with Gasteiger partial charge in [-0.15, -0.1) is 12.4 Å². The highest BCUT2D eigenvalue weighted by atomic mass is 35.5. The van der Waals surface area contributed by atoms with E-state index in [0.717, 1.165) is 12.5 Å². The number of anilines is 1. The molecule has 0 aliphatic heterocycles. The summed E-state index contributed by atoms with van der Waals surface area (Å²) in [7, 11) is -4.24. The van der Waals surface area contributed by atoms with Crippen molar-refractivity contribution in [2.45, 2.75) is 76.8 Å². The fourth-order valence-corrected chi connectivity index (χ4v) is 6.91. The van der Waals surface area contributed by atoms with E-state index in [1.807, 2.05) is 0 Å². The summed E-state index contributed by atoms with van der Waals surface area (Å²) in [5, 5.41) is 13.0. The van der Waals surface area contributed by atoms with Gasteiger partial charge in [0.1, 0.15) is 12.4 Å². The lowest BCUT2D eigenvalue weighted by Crippen LogP contribution is -2.49. The van der Waals surface area contributed by atoms with Crippen LogP contribution in [0.4, 0.5) is 10.3 Å². The molecule has 0 radical (unpaired) electrons. The van der Waals surface area contributed by atoms with Gasteiger partial charge < -0.3 is 15.2 Å². The Morgan fingerprint density at radius 2 is 1.79 bits per heavy atom. The predicted molar refractivity (Wildman–Crippen MR) is 165 cm³/mol. The molecule has 0 saturated heterocycles. The van der Waals surface area contributed by atoms with Crippen LogP contribution in [0.1, 0.15) is 67.4 Å². The van der Waals surface area contributed by atoms with E-state index in [1.165, 1.54) is 56.0 Å². The molecule has 0 amide bonds. The number of nitrogens with zero attached hydrogens (tertiary/aromatic N) is 2. The summed E-state index contributed by atoms with van der Waals surface area (Å²) in [5.41, 5.74) is 2.66. The largest absolute Gasteiger partial charge is 0.478 e. The molecular formula is C31H38ClFN4O5S. The second kappa shape index (κ2) is 12.8. The highest BCUT2D eigenvalue weighted by Gasteiger charge is 2.53. The number of carboxylic acids is 1. The molecule has 2 saturated carbocycles. The van der Waals surface area contributed by atoms with Gasteiger partial charge in [0.2, 0.25) is 11.8 Å². The summed E-state index contributed by atoms with van der Waals surface area (Å²) < 4.78 is 49.1. The Bertz CT molecular complexity index is 1580. The third kappa shape index (κ3) is 7.82. The van der Waals surface area contributed by atoms with Gasteiger partial charge in [0.25, 0.3) is 10.0 Å². The molecule has 9 nitrogen and oxygen atoms in total. The highest BCUT2D eigenvalue weighted by molar-refractivity contribution is 7.92. The minimum atomic E-state index is -4.24. The number of aromatic carboxylic acids is 1. The predicted octanol–water partition coefficient (Wildman–Crippen LogP) is 6.15. The molecule has 0 unspecified atom stereocenters. The van der Waals surface area contributed by atoms with Gasteiger partial charge in [0.05, 0.1) is 16.2 Å². The van der Waals surface area contributed by atoms with Crippen LogP contribution in [-0.4, -0.2) is 48.2 Å². The minimum Gasteiger partial charge on any atom is -0.478 e. The summed E-state index contributed by atoms with van der Waals surface area (Å²) in [6.07, 6.45) is 5.93. The van der Waals surface area contributed by atoms with E-state index in [4.69, 9.17) is 4.74 Å². The Morgan fingerprint density at radius 3 is 2.40 bits per heavy atom. The van der Waals surface area contributed by atoms with Crippen LogP contribution in [-0.2, 0) is 10.0 Å². The van der Waals surface area contributed by atoms with Gasteiger partial charge in [-0.1, -0.05) is 19.9 Å². The number of rotatable bonds is 12. The maximum Gasteiger partial charge on any atom is 0.335 e. The molecule has 1 aromatic heterocycles. The molecule has 2 aromatic carbocycles. The second-order valence-electron chi connectivity index (χ2n) is 12.2. The number of nitrogens with one attached hydrogen (secondary N) is 2. The van der Waals surface area contributed by atoms with Crippen molar-refractivity contribution in [3.63, 3.8) is 0 Å². The third-order valence-corrected chi connectivity index (χ3v) is 9.37. The summed E-state index contributed by atoms with van der Waals surface area (Å²) in [4.78, 5) is 20.0. The zero-order valence-electron chi connectivity index (χ0n) is 24.7. The molecule has 3 N–H and O–H groups in total. The first-order valence-electron chi connectivity index (χ1n) is 14.2. The van der Waals surface area contributed by atoms with Crippen molar-refractivity contribution in [2.24, 2.45) is 11.3 Å². The van der Waals surface area contributed by atoms with Gasteiger partial charge in [-0.25, -0.2) is 27.3 Å². The fourth-order valence-electron chi connectivity index (χ4n) is 5.92. The quantitative estimate of drug-likeness (QED) is 0.217. The van der Waals surface area contributed by atoms with Crippen molar-refractivity contribution >= 4 is 34.3 Å². The van der Waals surface area contributed by atoms with Crippen LogP contribution in [0.3, 0.4) is 0 Å². The lowest BCUT2D eigenvalue weighted by molar-refractivity contribution is 0.0696. The minimum absolute atomic E-state index is 0. The Balaban J connectivity index is 0.00000423. The number of aromatic nitrogens is 2. The van der Waals surface area contributed by atoms with Gasteiger partial charge in [-0.05, 0) is 98.7 Å². The Morgan fingerprint density at radius 1 is 1.12 bits per heavy atom. The number of aryl methyl sites for hydroxylation is 2. The number of hydrogen-bond donors (Lipinski definition) is 3. The Kier molecular flexibility index (Phi) is 9.68. The molecule has 1 atom stereocenters. The van der Waals surface area contributed by atoms with Gasteiger partial charge >= 0.3 is 5.97 Å². The summed E-state index contributed by atoms with van der Waals surface area (Å²) in [6.45, 7) is 8.15. The monoisotopic (exact) mass is 632 g/mol. The maximum atomic E-state index is 14.1. The van der Waals surface area contributed by atoms with Crippen LogP contribution in [0.5, 0.6) is 5.88 Å². The smallest absolute Gasteiger partial charge is 0.335 e. The topological polar surface area (TPSA) is 131 Å². The summed E-state index contributed by atoms with van der Waals surface area (Å²) >= 11 is 0. The van der Waals surface area contributed by atoms with Gasteiger partial charge in [-0.2, -0.15) is 4.98 Å². The zero-order valence-corrected chi connectivity index (χ0v) is 26.3. The summed E-state index contributed by atoms with van der Waals surface area (Å²) in [5.74, 6) is -1.26. The van der Waals surface area contributed by atoms with E-state index in [0.29, 0.717) is 46.4 Å². The number of halogens is 2. The Labute approximate surface area is 258 Å².